The number of hydrogen-bond acceptors (Lipinski definition) is 5. The summed E-state index contributed by atoms with van der Waals surface area (Å²) in [6, 6.07) is 10.8. The van der Waals surface area contributed by atoms with Gasteiger partial charge in [-0.05, 0) is 30.5 Å². The molecule has 1 N–H and O–H groups in total. The zero-order chi connectivity index (χ0) is 15.2. The standard InChI is InChI=1S/C17H23N3OS/c1-14-13-20(8-9-21-14)16(17-6-4-10-22-17)12-18-11-15-5-2-3-7-19-15/h2-7,10,14,16,18H,8-9,11-13H2,1H3. The van der Waals surface area contributed by atoms with Gasteiger partial charge in [0.15, 0.2) is 0 Å². The van der Waals surface area contributed by atoms with Crippen molar-refractivity contribution in [2.24, 2.45) is 0 Å². The Hall–Kier alpha value is -1.27. The smallest absolute Gasteiger partial charge is 0.0674 e. The fourth-order valence-electron chi connectivity index (χ4n) is 2.86. The van der Waals surface area contributed by atoms with Gasteiger partial charge < -0.3 is 10.1 Å². The number of pyridine rings is 1. The third-order valence-electron chi connectivity index (χ3n) is 3.95. The third kappa shape index (κ3) is 4.14. The Morgan fingerprint density at radius 2 is 2.36 bits per heavy atom. The lowest BCUT2D eigenvalue weighted by atomic mass is 10.1. The van der Waals surface area contributed by atoms with Gasteiger partial charge in [0.2, 0.25) is 0 Å². The van der Waals surface area contributed by atoms with Crippen LogP contribution in [0.15, 0.2) is 41.9 Å². The number of rotatable bonds is 6. The Kier molecular flexibility index (Phi) is 5.56. The predicted molar refractivity (Wildman–Crippen MR) is 90.0 cm³/mol. The summed E-state index contributed by atoms with van der Waals surface area (Å²) in [5.74, 6) is 0. The van der Waals surface area contributed by atoms with Crippen LogP contribution in [0.5, 0.6) is 0 Å². The first-order valence-electron chi connectivity index (χ1n) is 7.82. The molecule has 0 amide bonds. The molecule has 4 nitrogen and oxygen atoms in total. The molecule has 1 fully saturated rings. The highest BCUT2D eigenvalue weighted by Gasteiger charge is 2.25. The van der Waals surface area contributed by atoms with E-state index < -0.39 is 0 Å². The Balaban J connectivity index is 1.61. The average molecular weight is 317 g/mol. The minimum absolute atomic E-state index is 0.312. The lowest BCUT2D eigenvalue weighted by Crippen LogP contribution is -2.45. The van der Waals surface area contributed by atoms with E-state index in [0.717, 1.165) is 38.5 Å². The first-order valence-corrected chi connectivity index (χ1v) is 8.70. The van der Waals surface area contributed by atoms with Crippen molar-refractivity contribution in [1.29, 1.82) is 0 Å². The van der Waals surface area contributed by atoms with Crippen LogP contribution in [0.2, 0.25) is 0 Å². The van der Waals surface area contributed by atoms with E-state index in [0.29, 0.717) is 12.1 Å². The van der Waals surface area contributed by atoms with Crippen LogP contribution in [0.4, 0.5) is 0 Å². The summed E-state index contributed by atoms with van der Waals surface area (Å²) in [4.78, 5) is 8.32. The van der Waals surface area contributed by atoms with Crippen molar-refractivity contribution in [2.75, 3.05) is 26.2 Å². The number of aromatic nitrogens is 1. The molecule has 118 valence electrons. The predicted octanol–water partition coefficient (Wildman–Crippen LogP) is 2.69. The van der Waals surface area contributed by atoms with E-state index in [1.807, 2.05) is 29.7 Å². The largest absolute Gasteiger partial charge is 0.376 e. The van der Waals surface area contributed by atoms with Crippen molar-refractivity contribution in [3.63, 3.8) is 0 Å². The van der Waals surface area contributed by atoms with Gasteiger partial charge in [-0.25, -0.2) is 0 Å². The zero-order valence-corrected chi connectivity index (χ0v) is 13.8. The van der Waals surface area contributed by atoms with E-state index in [4.69, 9.17) is 4.74 Å². The Morgan fingerprint density at radius 1 is 1.41 bits per heavy atom. The van der Waals surface area contributed by atoms with Gasteiger partial charge >= 0.3 is 0 Å². The maximum absolute atomic E-state index is 5.68. The second-order valence-corrected chi connectivity index (χ2v) is 6.64. The van der Waals surface area contributed by atoms with Gasteiger partial charge in [0.05, 0.1) is 24.4 Å². The van der Waals surface area contributed by atoms with Gasteiger partial charge in [0.25, 0.3) is 0 Å². The Labute approximate surface area is 136 Å². The highest BCUT2D eigenvalue weighted by atomic mass is 32.1. The first-order chi connectivity index (χ1) is 10.8. The molecule has 2 aromatic heterocycles. The molecule has 0 spiro atoms. The van der Waals surface area contributed by atoms with Gasteiger partial charge in [-0.1, -0.05) is 12.1 Å². The number of hydrogen-bond donors (Lipinski definition) is 1. The Morgan fingerprint density at radius 3 is 3.09 bits per heavy atom. The fraction of sp³-hybridized carbons (Fsp3) is 0.471. The maximum Gasteiger partial charge on any atom is 0.0674 e. The molecule has 2 unspecified atom stereocenters. The fourth-order valence-corrected chi connectivity index (χ4v) is 3.72. The molecule has 3 rings (SSSR count). The highest BCUT2D eigenvalue weighted by molar-refractivity contribution is 7.10. The molecule has 2 atom stereocenters. The topological polar surface area (TPSA) is 37.4 Å². The second kappa shape index (κ2) is 7.83. The third-order valence-corrected chi connectivity index (χ3v) is 4.93. The number of ether oxygens (including phenoxy) is 1. The van der Waals surface area contributed by atoms with E-state index in [2.05, 4.69) is 45.7 Å². The summed E-state index contributed by atoms with van der Waals surface area (Å²) in [7, 11) is 0. The van der Waals surface area contributed by atoms with E-state index in [1.54, 1.807) is 0 Å². The second-order valence-electron chi connectivity index (χ2n) is 5.66. The number of nitrogens with zero attached hydrogens (tertiary/aromatic N) is 2. The monoisotopic (exact) mass is 317 g/mol. The lowest BCUT2D eigenvalue weighted by Gasteiger charge is -2.37. The van der Waals surface area contributed by atoms with Gasteiger partial charge in [0.1, 0.15) is 0 Å². The SMILES string of the molecule is CC1CN(C(CNCc2ccccn2)c2cccs2)CCO1. The van der Waals surface area contributed by atoms with Crippen LogP contribution in [-0.4, -0.2) is 42.2 Å². The van der Waals surface area contributed by atoms with Crippen molar-refractivity contribution in [3.8, 4) is 0 Å². The van der Waals surface area contributed by atoms with Crippen molar-refractivity contribution in [1.82, 2.24) is 15.2 Å². The average Bonchev–Trinajstić information content (AvgIpc) is 3.07. The molecule has 1 saturated heterocycles. The molecule has 0 bridgehead atoms. The molecule has 22 heavy (non-hydrogen) atoms. The van der Waals surface area contributed by atoms with Crippen LogP contribution in [0, 0.1) is 0 Å². The van der Waals surface area contributed by atoms with Gasteiger partial charge in [0, 0.05) is 37.3 Å². The molecular formula is C17H23N3OS. The van der Waals surface area contributed by atoms with E-state index in [-0.39, 0.29) is 0 Å². The minimum atomic E-state index is 0.312. The van der Waals surface area contributed by atoms with Gasteiger partial charge in [-0.2, -0.15) is 0 Å². The number of nitrogens with one attached hydrogen (secondary N) is 1. The molecule has 0 aliphatic carbocycles. The molecule has 1 aliphatic heterocycles. The van der Waals surface area contributed by atoms with E-state index >= 15 is 0 Å². The summed E-state index contributed by atoms with van der Waals surface area (Å²) in [5, 5.41) is 5.72. The minimum Gasteiger partial charge on any atom is -0.376 e. The van der Waals surface area contributed by atoms with Gasteiger partial charge in [-0.15, -0.1) is 11.3 Å². The lowest BCUT2D eigenvalue weighted by molar-refractivity contribution is -0.0339. The van der Waals surface area contributed by atoms with Crippen LogP contribution < -0.4 is 5.32 Å². The summed E-state index contributed by atoms with van der Waals surface area (Å²) < 4.78 is 5.68. The first kappa shape index (κ1) is 15.6. The van der Waals surface area contributed by atoms with E-state index in [9.17, 15) is 0 Å². The number of morpholine rings is 1. The van der Waals surface area contributed by atoms with Crippen molar-refractivity contribution < 1.29 is 4.74 Å². The summed E-state index contributed by atoms with van der Waals surface area (Å²) in [6.07, 6.45) is 2.16. The number of thiophene rings is 1. The molecule has 2 aromatic rings. The van der Waals surface area contributed by atoms with Crippen LogP contribution >= 0.6 is 11.3 Å². The van der Waals surface area contributed by atoms with Crippen LogP contribution in [-0.2, 0) is 11.3 Å². The molecule has 0 saturated carbocycles. The van der Waals surface area contributed by atoms with Gasteiger partial charge in [-0.3, -0.25) is 9.88 Å². The quantitative estimate of drug-likeness (QED) is 0.889. The van der Waals surface area contributed by atoms with Crippen molar-refractivity contribution in [2.45, 2.75) is 25.6 Å². The normalized spacial score (nSPS) is 20.9. The van der Waals surface area contributed by atoms with Crippen LogP contribution in [0.3, 0.4) is 0 Å². The summed E-state index contributed by atoms with van der Waals surface area (Å²) in [5.41, 5.74) is 1.09. The van der Waals surface area contributed by atoms with E-state index in [1.165, 1.54) is 4.88 Å². The van der Waals surface area contributed by atoms with Crippen molar-refractivity contribution in [3.05, 3.63) is 52.5 Å². The molecule has 1 aliphatic rings. The highest BCUT2D eigenvalue weighted by Crippen LogP contribution is 2.26. The van der Waals surface area contributed by atoms with Crippen molar-refractivity contribution >= 4 is 11.3 Å². The molecule has 0 aromatic carbocycles. The zero-order valence-electron chi connectivity index (χ0n) is 12.9. The molecule has 3 heterocycles. The Bertz CT molecular complexity index is 546. The molecular weight excluding hydrogens is 294 g/mol. The summed E-state index contributed by atoms with van der Waals surface area (Å²) in [6.45, 7) is 6.71. The van der Waals surface area contributed by atoms with Crippen LogP contribution in [0.25, 0.3) is 0 Å². The molecule has 5 heteroatoms. The summed E-state index contributed by atoms with van der Waals surface area (Å²) >= 11 is 1.83. The van der Waals surface area contributed by atoms with Crippen LogP contribution in [0.1, 0.15) is 23.5 Å². The molecule has 0 radical (unpaired) electrons. The maximum atomic E-state index is 5.68.